The first-order valence-electron chi connectivity index (χ1n) is 9.17. The van der Waals surface area contributed by atoms with Gasteiger partial charge < -0.3 is 9.47 Å². The van der Waals surface area contributed by atoms with Gasteiger partial charge in [-0.2, -0.15) is 0 Å². The van der Waals surface area contributed by atoms with Crippen molar-refractivity contribution in [1.29, 1.82) is 0 Å². The Bertz CT molecular complexity index is 480. The Balaban J connectivity index is 1.49. The van der Waals surface area contributed by atoms with Crippen LogP contribution in [0.4, 0.5) is 0 Å². The van der Waals surface area contributed by atoms with Crippen molar-refractivity contribution in [2.24, 2.45) is 0 Å². The number of rotatable bonds is 0. The van der Waals surface area contributed by atoms with Crippen LogP contribution in [0.2, 0.25) is 0 Å². The third-order valence-electron chi connectivity index (χ3n) is 6.23. The molecule has 0 unspecified atom stereocenters. The Morgan fingerprint density at radius 2 is 1.73 bits per heavy atom. The number of ether oxygens (including phenoxy) is 2. The molecular weight excluding hydrogens is 278 g/mol. The Hall–Kier alpha value is -0.810. The fourth-order valence-corrected chi connectivity index (χ4v) is 5.19. The van der Waals surface area contributed by atoms with E-state index in [0.29, 0.717) is 12.1 Å². The normalized spacial score (nSPS) is 47.3. The van der Waals surface area contributed by atoms with Gasteiger partial charge in [-0.3, -0.25) is 4.90 Å². The molecule has 5 aliphatic rings. The molecule has 0 aromatic heterocycles. The zero-order chi connectivity index (χ0) is 14.6. The minimum atomic E-state index is -0.277. The molecule has 0 aromatic rings. The monoisotopic (exact) mass is 304 g/mol. The lowest BCUT2D eigenvalue weighted by Gasteiger charge is -2.45. The van der Waals surface area contributed by atoms with Gasteiger partial charge in [0.25, 0.3) is 0 Å². The highest BCUT2D eigenvalue weighted by Gasteiger charge is 2.61. The zero-order valence-electron chi connectivity index (χ0n) is 13.3. The van der Waals surface area contributed by atoms with E-state index in [0.717, 1.165) is 44.9 Å². The van der Waals surface area contributed by atoms with Gasteiger partial charge in [-0.1, -0.05) is 10.3 Å². The van der Waals surface area contributed by atoms with Gasteiger partial charge in [0.2, 0.25) is 11.4 Å². The van der Waals surface area contributed by atoms with Gasteiger partial charge in [0.15, 0.2) is 0 Å². The number of nitrogens with zero attached hydrogens (tertiary/aromatic N) is 3. The quantitative estimate of drug-likeness (QED) is 0.684. The van der Waals surface area contributed by atoms with E-state index < -0.39 is 0 Å². The third kappa shape index (κ3) is 2.01. The van der Waals surface area contributed by atoms with Crippen molar-refractivity contribution >= 4 is 5.96 Å². The van der Waals surface area contributed by atoms with Gasteiger partial charge in [0, 0.05) is 25.7 Å². The van der Waals surface area contributed by atoms with Crippen LogP contribution in [0.25, 0.3) is 0 Å². The largest absolute Gasteiger partial charge is 0.424 e. The van der Waals surface area contributed by atoms with Crippen molar-refractivity contribution < 1.29 is 9.47 Å². The lowest BCUT2D eigenvalue weighted by Crippen LogP contribution is -2.68. The summed E-state index contributed by atoms with van der Waals surface area (Å²) in [6, 6.07) is 1.17. The number of aliphatic imine (C=N–C) groups is 1. The van der Waals surface area contributed by atoms with Crippen molar-refractivity contribution in [3.8, 4) is 0 Å². The molecule has 0 bridgehead atoms. The summed E-state index contributed by atoms with van der Waals surface area (Å²) in [5.41, 5.74) is -0.555. The summed E-state index contributed by atoms with van der Waals surface area (Å²) in [4.78, 5) is 7.57. The molecule has 0 aromatic carbocycles. The summed E-state index contributed by atoms with van der Waals surface area (Å²) < 4.78 is 12.3. The first-order chi connectivity index (χ1) is 10.8. The van der Waals surface area contributed by atoms with Crippen molar-refractivity contribution in [2.75, 3.05) is 13.2 Å². The van der Waals surface area contributed by atoms with Gasteiger partial charge in [-0.05, 0) is 38.5 Å². The highest BCUT2D eigenvalue weighted by molar-refractivity contribution is 5.82. The Morgan fingerprint density at radius 1 is 0.955 bits per heavy atom. The SMILES string of the molecule is C1CC[C@@]2(C[C@@H]3CC[C@H]4C[C@@]5(CCCCO5)[N+]=C([N]2)N34)OC1. The summed E-state index contributed by atoms with van der Waals surface area (Å²) in [6.45, 7) is 1.71. The average Bonchev–Trinajstić information content (AvgIpc) is 2.91. The highest BCUT2D eigenvalue weighted by Crippen LogP contribution is 2.44. The maximum atomic E-state index is 6.17. The standard InChI is InChI=1S/C17H26N3O2/c1-3-9-21-16(7-1)11-13-5-6-14-12-17(8-2-4-10-22-17)19-15(18-16)20(13)14/h13-14H,1-12H2/q+1/t13-,14-,16-,17-/m0/s1. The van der Waals surface area contributed by atoms with E-state index in [2.05, 4.69) is 4.90 Å². The van der Waals surface area contributed by atoms with Gasteiger partial charge in [0.1, 0.15) is 0 Å². The predicted molar refractivity (Wildman–Crippen MR) is 82.2 cm³/mol. The van der Waals surface area contributed by atoms with Crippen molar-refractivity contribution in [2.45, 2.75) is 87.7 Å². The van der Waals surface area contributed by atoms with Crippen LogP contribution in [0.5, 0.6) is 0 Å². The highest BCUT2D eigenvalue weighted by atomic mass is 16.5. The number of hydrogen-bond donors (Lipinski definition) is 0. The Morgan fingerprint density at radius 3 is 2.45 bits per heavy atom. The molecule has 22 heavy (non-hydrogen) atoms. The zero-order valence-corrected chi connectivity index (χ0v) is 13.3. The summed E-state index contributed by atoms with van der Waals surface area (Å²) >= 11 is 0. The third-order valence-corrected chi connectivity index (χ3v) is 6.23. The van der Waals surface area contributed by atoms with Crippen molar-refractivity contribution in [3.63, 3.8) is 0 Å². The Labute approximate surface area is 132 Å². The molecule has 0 N–H and O–H groups in total. The van der Waals surface area contributed by atoms with E-state index in [1.54, 1.807) is 0 Å². The molecule has 2 spiro atoms. The van der Waals surface area contributed by atoms with Crippen molar-refractivity contribution in [3.05, 3.63) is 0 Å². The Kier molecular flexibility index (Phi) is 3.00. The lowest BCUT2D eigenvalue weighted by atomic mass is 9.91. The summed E-state index contributed by atoms with van der Waals surface area (Å²) in [5, 5.41) is 5.06. The number of hydrogen-bond acceptors (Lipinski definition) is 4. The van der Waals surface area contributed by atoms with E-state index in [1.807, 2.05) is 0 Å². The van der Waals surface area contributed by atoms with Crippen LogP contribution in [0, 0.1) is 0 Å². The van der Waals surface area contributed by atoms with E-state index in [9.17, 15) is 0 Å². The smallest absolute Gasteiger partial charge is 0.340 e. The second-order valence-corrected chi connectivity index (χ2v) is 7.73. The van der Waals surface area contributed by atoms with Crippen LogP contribution in [0.15, 0.2) is 0 Å². The fraction of sp³-hybridized carbons (Fsp3) is 0.941. The van der Waals surface area contributed by atoms with Gasteiger partial charge in [0.05, 0.1) is 25.3 Å². The minimum Gasteiger partial charge on any atom is -0.340 e. The van der Waals surface area contributed by atoms with E-state index >= 15 is 0 Å². The molecule has 5 rings (SSSR count). The molecule has 0 saturated carbocycles. The summed E-state index contributed by atoms with van der Waals surface area (Å²) in [6.07, 6.45) is 11.6. The maximum absolute atomic E-state index is 6.17. The minimum absolute atomic E-state index is 0.277. The maximum Gasteiger partial charge on any atom is 0.424 e. The molecule has 4 fully saturated rings. The van der Waals surface area contributed by atoms with Gasteiger partial charge >= 0.3 is 5.96 Å². The average molecular weight is 304 g/mol. The van der Waals surface area contributed by atoms with E-state index in [4.69, 9.17) is 19.8 Å². The summed E-state index contributed by atoms with van der Waals surface area (Å²) in [5.74, 6) is 0.953. The van der Waals surface area contributed by atoms with E-state index in [1.165, 1.54) is 38.5 Å². The fourth-order valence-electron chi connectivity index (χ4n) is 5.19. The second kappa shape index (κ2) is 4.84. The van der Waals surface area contributed by atoms with Crippen LogP contribution >= 0.6 is 0 Å². The van der Waals surface area contributed by atoms with Gasteiger partial charge in [-0.15, -0.1) is 0 Å². The number of guanidine groups is 1. The molecule has 4 saturated heterocycles. The molecule has 4 atom stereocenters. The first kappa shape index (κ1) is 13.6. The van der Waals surface area contributed by atoms with E-state index in [-0.39, 0.29) is 11.4 Å². The van der Waals surface area contributed by atoms with Crippen LogP contribution in [-0.4, -0.2) is 47.6 Å². The molecule has 5 nitrogen and oxygen atoms in total. The molecule has 5 heteroatoms. The molecule has 120 valence electrons. The first-order valence-corrected chi connectivity index (χ1v) is 9.17. The van der Waals surface area contributed by atoms with Crippen LogP contribution in [-0.2, 0) is 9.47 Å². The molecule has 2 radical (unpaired) electrons. The topological polar surface area (TPSA) is 49.9 Å². The molecule has 0 amide bonds. The molecular formula is C17H26N3O2+. The van der Waals surface area contributed by atoms with Crippen LogP contribution in [0.3, 0.4) is 0 Å². The molecule has 5 aliphatic heterocycles. The summed E-state index contributed by atoms with van der Waals surface area (Å²) in [7, 11) is 0. The van der Waals surface area contributed by atoms with Crippen molar-refractivity contribution in [1.82, 2.24) is 15.2 Å². The molecule has 0 aliphatic carbocycles. The predicted octanol–water partition coefficient (Wildman–Crippen LogP) is 1.72. The van der Waals surface area contributed by atoms with Gasteiger partial charge in [-0.25, -0.2) is 0 Å². The second-order valence-electron chi connectivity index (χ2n) is 7.73. The van der Waals surface area contributed by atoms with Crippen LogP contribution < -0.4 is 10.3 Å². The molecule has 5 heterocycles. The lowest BCUT2D eigenvalue weighted by molar-refractivity contribution is -0.136. The van der Waals surface area contributed by atoms with Crippen LogP contribution in [0.1, 0.15) is 64.2 Å².